The van der Waals surface area contributed by atoms with Crippen LogP contribution in [0.1, 0.15) is 29.8 Å². The summed E-state index contributed by atoms with van der Waals surface area (Å²) in [6.07, 6.45) is -0.505. The van der Waals surface area contributed by atoms with Crippen LogP contribution < -0.4 is 10.0 Å². The molecule has 1 amide bonds. The molecule has 2 N–H and O–H groups in total. The molecule has 0 atom stereocenters. The summed E-state index contributed by atoms with van der Waals surface area (Å²) < 4.78 is 50.6. The minimum atomic E-state index is -3.75. The Labute approximate surface area is 170 Å². The summed E-state index contributed by atoms with van der Waals surface area (Å²) in [5.74, 6) is -0.792. The summed E-state index contributed by atoms with van der Waals surface area (Å²) in [5.41, 5.74) is 1.11. The highest BCUT2D eigenvalue weighted by Gasteiger charge is 2.14. The molecule has 0 heterocycles. The lowest BCUT2D eigenvalue weighted by Crippen LogP contribution is -2.35. The monoisotopic (exact) mass is 424 g/mol. The van der Waals surface area contributed by atoms with Crippen LogP contribution >= 0.6 is 0 Å². The summed E-state index contributed by atoms with van der Waals surface area (Å²) in [5, 5.41) is 2.74. The first-order valence-corrected chi connectivity index (χ1v) is 10.7. The lowest BCUT2D eigenvalue weighted by atomic mass is 10.1. The van der Waals surface area contributed by atoms with Gasteiger partial charge in [0.2, 0.25) is 10.0 Å². The molecule has 2 aromatic carbocycles. The highest BCUT2D eigenvalue weighted by atomic mass is 32.2. The van der Waals surface area contributed by atoms with Crippen molar-refractivity contribution in [2.24, 2.45) is 0 Å². The number of amides is 1. The van der Waals surface area contributed by atoms with Crippen LogP contribution in [-0.4, -0.2) is 40.4 Å². The second-order valence-corrected chi connectivity index (χ2v) is 7.79. The number of ether oxygens (including phenoxy) is 2. The van der Waals surface area contributed by atoms with Gasteiger partial charge in [0.15, 0.2) is 6.29 Å². The van der Waals surface area contributed by atoms with Crippen molar-refractivity contribution in [3.63, 3.8) is 0 Å². The third-order valence-corrected chi connectivity index (χ3v) is 5.36. The van der Waals surface area contributed by atoms with Crippen molar-refractivity contribution >= 4 is 15.9 Å². The topological polar surface area (TPSA) is 93.7 Å². The first-order chi connectivity index (χ1) is 13.9. The molecule has 0 aliphatic heterocycles. The molecule has 7 nitrogen and oxygen atoms in total. The van der Waals surface area contributed by atoms with Crippen molar-refractivity contribution in [3.8, 4) is 0 Å². The molecule has 2 aromatic rings. The SMILES string of the molecule is CCOC(CNC(=O)c1ccc(CNS(=O)(=O)c2ccc(F)cc2)cc1)OCC. The zero-order valence-corrected chi connectivity index (χ0v) is 17.2. The quantitative estimate of drug-likeness (QED) is 0.541. The largest absolute Gasteiger partial charge is 0.351 e. The number of hydrogen-bond acceptors (Lipinski definition) is 5. The number of carbonyl (C=O) groups excluding carboxylic acids is 1. The maximum atomic E-state index is 12.9. The molecule has 0 radical (unpaired) electrons. The summed E-state index contributed by atoms with van der Waals surface area (Å²) in [7, 11) is -3.75. The van der Waals surface area contributed by atoms with Crippen LogP contribution in [0.25, 0.3) is 0 Å². The Hall–Kier alpha value is -2.33. The van der Waals surface area contributed by atoms with E-state index >= 15 is 0 Å². The van der Waals surface area contributed by atoms with E-state index in [-0.39, 0.29) is 23.9 Å². The summed E-state index contributed by atoms with van der Waals surface area (Å²) in [6, 6.07) is 11.1. The van der Waals surface area contributed by atoms with Gasteiger partial charge in [-0.25, -0.2) is 17.5 Å². The van der Waals surface area contributed by atoms with Gasteiger partial charge in [-0.3, -0.25) is 4.79 Å². The van der Waals surface area contributed by atoms with Gasteiger partial charge in [-0.1, -0.05) is 12.1 Å². The van der Waals surface area contributed by atoms with Gasteiger partial charge in [0.25, 0.3) is 5.91 Å². The Morgan fingerprint density at radius 1 is 1.00 bits per heavy atom. The van der Waals surface area contributed by atoms with E-state index in [1.807, 2.05) is 13.8 Å². The Balaban J connectivity index is 1.90. The second-order valence-electron chi connectivity index (χ2n) is 6.03. The molecule has 9 heteroatoms. The Kier molecular flexibility index (Phi) is 8.71. The van der Waals surface area contributed by atoms with Gasteiger partial charge in [-0.2, -0.15) is 0 Å². The zero-order chi connectivity index (χ0) is 21.3. The Morgan fingerprint density at radius 3 is 2.14 bits per heavy atom. The first-order valence-electron chi connectivity index (χ1n) is 9.21. The molecular weight excluding hydrogens is 399 g/mol. The van der Waals surface area contributed by atoms with Gasteiger partial charge < -0.3 is 14.8 Å². The molecule has 0 saturated carbocycles. The summed E-state index contributed by atoms with van der Waals surface area (Å²) in [6.45, 7) is 4.90. The maximum Gasteiger partial charge on any atom is 0.251 e. The van der Waals surface area contributed by atoms with Crippen molar-refractivity contribution in [2.75, 3.05) is 19.8 Å². The third kappa shape index (κ3) is 7.21. The number of hydrogen-bond donors (Lipinski definition) is 2. The summed E-state index contributed by atoms with van der Waals surface area (Å²) >= 11 is 0. The highest BCUT2D eigenvalue weighted by molar-refractivity contribution is 7.89. The number of carbonyl (C=O) groups is 1. The minimum Gasteiger partial charge on any atom is -0.351 e. The summed E-state index contributed by atoms with van der Waals surface area (Å²) in [4.78, 5) is 12.2. The van der Waals surface area contributed by atoms with E-state index in [1.54, 1.807) is 24.3 Å². The molecule has 2 rings (SSSR count). The number of rotatable bonds is 11. The third-order valence-electron chi connectivity index (χ3n) is 3.94. The molecule has 29 heavy (non-hydrogen) atoms. The smallest absolute Gasteiger partial charge is 0.251 e. The predicted molar refractivity (Wildman–Crippen MR) is 106 cm³/mol. The average Bonchev–Trinajstić information content (AvgIpc) is 2.71. The lowest BCUT2D eigenvalue weighted by molar-refractivity contribution is -0.131. The fourth-order valence-corrected chi connectivity index (χ4v) is 3.48. The van der Waals surface area contributed by atoms with E-state index in [1.165, 1.54) is 12.1 Å². The molecule has 0 aliphatic rings. The van der Waals surface area contributed by atoms with E-state index in [9.17, 15) is 17.6 Å². The molecule has 0 fully saturated rings. The van der Waals surface area contributed by atoms with Crippen LogP contribution in [0.4, 0.5) is 4.39 Å². The Bertz CT molecular complexity index is 880. The van der Waals surface area contributed by atoms with E-state index in [2.05, 4.69) is 10.0 Å². The molecule has 0 bridgehead atoms. The highest BCUT2D eigenvalue weighted by Crippen LogP contribution is 2.11. The van der Waals surface area contributed by atoms with Gasteiger partial charge in [0.1, 0.15) is 5.82 Å². The van der Waals surface area contributed by atoms with Crippen molar-refractivity contribution in [1.82, 2.24) is 10.0 Å². The average molecular weight is 424 g/mol. The van der Waals surface area contributed by atoms with E-state index in [4.69, 9.17) is 9.47 Å². The van der Waals surface area contributed by atoms with Crippen LogP contribution in [-0.2, 0) is 26.0 Å². The minimum absolute atomic E-state index is 0.0203. The van der Waals surface area contributed by atoms with Crippen LogP contribution in [0.5, 0.6) is 0 Å². The van der Waals surface area contributed by atoms with Gasteiger partial charge in [-0.15, -0.1) is 0 Å². The van der Waals surface area contributed by atoms with Crippen LogP contribution in [0.15, 0.2) is 53.4 Å². The Morgan fingerprint density at radius 2 is 1.59 bits per heavy atom. The van der Waals surface area contributed by atoms with E-state index in [0.29, 0.717) is 24.3 Å². The number of benzene rings is 2. The molecule has 0 unspecified atom stereocenters. The van der Waals surface area contributed by atoms with Gasteiger partial charge in [0.05, 0.1) is 11.4 Å². The van der Waals surface area contributed by atoms with Crippen molar-refractivity contribution < 1.29 is 27.1 Å². The van der Waals surface area contributed by atoms with Gasteiger partial charge in [0, 0.05) is 25.3 Å². The molecule has 158 valence electrons. The van der Waals surface area contributed by atoms with Crippen LogP contribution in [0.3, 0.4) is 0 Å². The molecule has 0 spiro atoms. The van der Waals surface area contributed by atoms with Gasteiger partial charge in [-0.05, 0) is 55.8 Å². The van der Waals surface area contributed by atoms with Crippen LogP contribution in [0, 0.1) is 5.82 Å². The molecule has 0 aliphatic carbocycles. The molecule has 0 saturated heterocycles. The number of sulfonamides is 1. The molecular formula is C20H25FN2O5S. The zero-order valence-electron chi connectivity index (χ0n) is 16.4. The number of halogens is 1. The first kappa shape index (κ1) is 23.0. The fraction of sp³-hybridized carbons (Fsp3) is 0.350. The normalized spacial score (nSPS) is 11.6. The number of nitrogens with one attached hydrogen (secondary N) is 2. The van der Waals surface area contributed by atoms with Crippen molar-refractivity contribution in [2.45, 2.75) is 31.6 Å². The predicted octanol–water partition coefficient (Wildman–Crippen LogP) is 2.43. The molecule has 0 aromatic heterocycles. The fourth-order valence-electron chi connectivity index (χ4n) is 2.47. The van der Waals surface area contributed by atoms with E-state index < -0.39 is 22.1 Å². The van der Waals surface area contributed by atoms with E-state index in [0.717, 1.165) is 12.1 Å². The maximum absolute atomic E-state index is 12.9. The lowest BCUT2D eigenvalue weighted by Gasteiger charge is -2.17. The van der Waals surface area contributed by atoms with Crippen LogP contribution in [0.2, 0.25) is 0 Å². The van der Waals surface area contributed by atoms with Crippen molar-refractivity contribution in [1.29, 1.82) is 0 Å². The van der Waals surface area contributed by atoms with Gasteiger partial charge >= 0.3 is 0 Å². The van der Waals surface area contributed by atoms with Crippen molar-refractivity contribution in [3.05, 3.63) is 65.5 Å². The second kappa shape index (κ2) is 11.0. The standard InChI is InChI=1S/C20H25FN2O5S/c1-3-27-19(28-4-2)14-22-20(24)16-7-5-15(6-8-16)13-23-29(25,26)18-11-9-17(21)10-12-18/h5-12,19,23H,3-4,13-14H2,1-2H3,(H,22,24).